The molecule has 4 rings (SSSR count). The first kappa shape index (κ1) is 19.5. The maximum atomic E-state index is 13.1. The van der Waals surface area contributed by atoms with Crippen molar-refractivity contribution in [1.29, 1.82) is 0 Å². The molecular weight excluding hydrogens is 381 g/mol. The van der Waals surface area contributed by atoms with Crippen molar-refractivity contribution in [3.8, 4) is 11.4 Å². The van der Waals surface area contributed by atoms with Crippen LogP contribution in [0.25, 0.3) is 11.4 Å². The van der Waals surface area contributed by atoms with Crippen LogP contribution in [0, 0.1) is 5.82 Å². The summed E-state index contributed by atoms with van der Waals surface area (Å²) in [5, 5.41) is 6.85. The molecule has 0 aliphatic carbocycles. The highest BCUT2D eigenvalue weighted by molar-refractivity contribution is 5.96. The van der Waals surface area contributed by atoms with Gasteiger partial charge >= 0.3 is 0 Å². The summed E-state index contributed by atoms with van der Waals surface area (Å²) in [6, 6.07) is 22.9. The fourth-order valence-corrected chi connectivity index (χ4v) is 3.18. The molecule has 0 saturated carbocycles. The molecular formula is C24H20FN3O2. The number of nitrogens with one attached hydrogen (secondary N) is 1. The van der Waals surface area contributed by atoms with Crippen molar-refractivity contribution in [2.45, 2.75) is 19.4 Å². The van der Waals surface area contributed by atoms with Crippen molar-refractivity contribution < 1.29 is 13.7 Å². The lowest BCUT2D eigenvalue weighted by atomic mass is 9.99. The lowest BCUT2D eigenvalue weighted by Gasteiger charge is -2.13. The van der Waals surface area contributed by atoms with Crippen molar-refractivity contribution in [3.63, 3.8) is 0 Å². The molecule has 1 unspecified atom stereocenters. The third kappa shape index (κ3) is 4.43. The van der Waals surface area contributed by atoms with Crippen molar-refractivity contribution in [2.75, 3.05) is 0 Å². The van der Waals surface area contributed by atoms with Crippen LogP contribution in [0.1, 0.15) is 40.3 Å². The zero-order chi connectivity index (χ0) is 20.9. The van der Waals surface area contributed by atoms with Gasteiger partial charge in [-0.2, -0.15) is 4.98 Å². The molecule has 1 N–H and O–H groups in total. The molecule has 0 radical (unpaired) electrons. The zero-order valence-electron chi connectivity index (χ0n) is 16.4. The highest BCUT2D eigenvalue weighted by Crippen LogP contribution is 2.20. The molecule has 0 fully saturated rings. The smallest absolute Gasteiger partial charge is 0.252 e. The molecule has 1 heterocycles. The molecule has 4 aromatic rings. The predicted octanol–water partition coefficient (Wildman–Crippen LogP) is 4.96. The molecule has 0 aliphatic heterocycles. The molecule has 0 aliphatic rings. The lowest BCUT2D eigenvalue weighted by Crippen LogP contribution is -2.27. The third-order valence-electron chi connectivity index (χ3n) is 4.76. The summed E-state index contributed by atoms with van der Waals surface area (Å²) >= 11 is 0. The van der Waals surface area contributed by atoms with Crippen LogP contribution >= 0.6 is 0 Å². The lowest BCUT2D eigenvalue weighted by molar-refractivity contribution is 0.0931. The van der Waals surface area contributed by atoms with E-state index in [0.717, 1.165) is 11.1 Å². The monoisotopic (exact) mass is 401 g/mol. The Morgan fingerprint density at radius 1 is 1.00 bits per heavy atom. The minimum absolute atomic E-state index is 0.212. The quantitative estimate of drug-likeness (QED) is 0.496. The highest BCUT2D eigenvalue weighted by Gasteiger charge is 2.19. The van der Waals surface area contributed by atoms with Crippen LogP contribution in [0.2, 0.25) is 0 Å². The van der Waals surface area contributed by atoms with E-state index in [1.54, 1.807) is 25.1 Å². The second-order valence-corrected chi connectivity index (χ2v) is 6.98. The van der Waals surface area contributed by atoms with Gasteiger partial charge in [0.2, 0.25) is 11.7 Å². The fourth-order valence-electron chi connectivity index (χ4n) is 3.18. The van der Waals surface area contributed by atoms with E-state index in [9.17, 15) is 9.18 Å². The number of aromatic nitrogens is 2. The second-order valence-electron chi connectivity index (χ2n) is 6.98. The average molecular weight is 401 g/mol. The number of halogens is 1. The average Bonchev–Trinajstić information content (AvgIpc) is 3.26. The van der Waals surface area contributed by atoms with E-state index < -0.39 is 6.04 Å². The van der Waals surface area contributed by atoms with Gasteiger partial charge in [0.25, 0.3) is 5.91 Å². The molecule has 0 saturated heterocycles. The molecule has 0 spiro atoms. The minimum Gasteiger partial charge on any atom is -0.341 e. The Morgan fingerprint density at radius 3 is 2.47 bits per heavy atom. The van der Waals surface area contributed by atoms with Crippen LogP contribution < -0.4 is 5.32 Å². The number of rotatable bonds is 6. The number of hydrogen-bond acceptors (Lipinski definition) is 4. The Kier molecular flexibility index (Phi) is 5.66. The maximum absolute atomic E-state index is 13.1. The SMILES string of the molecule is CC(NC(=O)c1ccccc1Cc1ccccc1)c1nc(-c2ccc(F)cc2)no1. The largest absolute Gasteiger partial charge is 0.341 e. The van der Waals surface area contributed by atoms with Crippen LogP contribution in [0.4, 0.5) is 4.39 Å². The molecule has 150 valence electrons. The molecule has 6 heteroatoms. The summed E-state index contributed by atoms with van der Waals surface area (Å²) in [7, 11) is 0. The highest BCUT2D eigenvalue weighted by atomic mass is 19.1. The van der Waals surface area contributed by atoms with Crippen LogP contribution in [-0.4, -0.2) is 16.0 Å². The molecule has 1 atom stereocenters. The van der Waals surface area contributed by atoms with Gasteiger partial charge in [0.05, 0.1) is 0 Å². The number of hydrogen-bond donors (Lipinski definition) is 1. The van der Waals surface area contributed by atoms with Crippen LogP contribution in [0.5, 0.6) is 0 Å². The first-order valence-electron chi connectivity index (χ1n) is 9.62. The summed E-state index contributed by atoms with van der Waals surface area (Å²) in [6.07, 6.45) is 0.661. The number of carbonyl (C=O) groups excluding carboxylic acids is 1. The van der Waals surface area contributed by atoms with Crippen molar-refractivity contribution >= 4 is 5.91 Å². The third-order valence-corrected chi connectivity index (χ3v) is 4.76. The number of amides is 1. The van der Waals surface area contributed by atoms with E-state index in [1.165, 1.54) is 12.1 Å². The Balaban J connectivity index is 1.49. The van der Waals surface area contributed by atoms with Gasteiger partial charge in [-0.05, 0) is 54.8 Å². The first-order valence-corrected chi connectivity index (χ1v) is 9.62. The van der Waals surface area contributed by atoms with Crippen LogP contribution in [0.3, 0.4) is 0 Å². The molecule has 30 heavy (non-hydrogen) atoms. The van der Waals surface area contributed by atoms with Gasteiger partial charge < -0.3 is 9.84 Å². The topological polar surface area (TPSA) is 68.0 Å². The van der Waals surface area contributed by atoms with Crippen molar-refractivity contribution in [1.82, 2.24) is 15.5 Å². The maximum Gasteiger partial charge on any atom is 0.252 e. The molecule has 1 aromatic heterocycles. The first-order chi connectivity index (χ1) is 14.6. The van der Waals surface area contributed by atoms with Gasteiger partial charge in [0.15, 0.2) is 0 Å². The van der Waals surface area contributed by atoms with E-state index in [2.05, 4.69) is 15.5 Å². The van der Waals surface area contributed by atoms with E-state index >= 15 is 0 Å². The van der Waals surface area contributed by atoms with Crippen LogP contribution in [0.15, 0.2) is 83.4 Å². The van der Waals surface area contributed by atoms with E-state index in [0.29, 0.717) is 23.4 Å². The summed E-state index contributed by atoms with van der Waals surface area (Å²) < 4.78 is 18.4. The molecule has 0 bridgehead atoms. The molecule has 5 nitrogen and oxygen atoms in total. The molecule has 3 aromatic carbocycles. The zero-order valence-corrected chi connectivity index (χ0v) is 16.4. The minimum atomic E-state index is -0.482. The number of carbonyl (C=O) groups is 1. The summed E-state index contributed by atoms with van der Waals surface area (Å²) in [5.41, 5.74) is 3.31. The number of benzene rings is 3. The van der Waals surface area contributed by atoms with Gasteiger partial charge in [0.1, 0.15) is 11.9 Å². The second kappa shape index (κ2) is 8.69. The summed E-state index contributed by atoms with van der Waals surface area (Å²) in [4.78, 5) is 17.2. The standard InChI is InChI=1S/C24H20FN3O2/c1-16(24-27-22(28-30-24)18-11-13-20(25)14-12-18)26-23(29)21-10-6-5-9-19(21)15-17-7-3-2-4-8-17/h2-14,16H,15H2,1H3,(H,26,29). The van der Waals surface area contributed by atoms with Gasteiger partial charge in [-0.3, -0.25) is 4.79 Å². The van der Waals surface area contributed by atoms with Gasteiger partial charge in [-0.25, -0.2) is 4.39 Å². The Bertz CT molecular complexity index is 1140. The van der Waals surface area contributed by atoms with Gasteiger partial charge in [-0.1, -0.05) is 53.7 Å². The van der Waals surface area contributed by atoms with Crippen molar-refractivity contribution in [2.24, 2.45) is 0 Å². The van der Waals surface area contributed by atoms with Gasteiger partial charge in [0, 0.05) is 11.1 Å². The normalized spacial score (nSPS) is 11.8. The Hall–Kier alpha value is -3.80. The van der Waals surface area contributed by atoms with Crippen LogP contribution in [-0.2, 0) is 6.42 Å². The predicted molar refractivity (Wildman–Crippen MR) is 111 cm³/mol. The van der Waals surface area contributed by atoms with Gasteiger partial charge in [-0.15, -0.1) is 0 Å². The van der Waals surface area contributed by atoms with Crippen molar-refractivity contribution in [3.05, 3.63) is 107 Å². The number of nitrogens with zero attached hydrogens (tertiary/aromatic N) is 2. The summed E-state index contributed by atoms with van der Waals surface area (Å²) in [6.45, 7) is 1.78. The van der Waals surface area contributed by atoms with E-state index in [4.69, 9.17) is 4.52 Å². The Labute approximate surface area is 173 Å². The fraction of sp³-hybridized carbons (Fsp3) is 0.125. The molecule has 1 amide bonds. The summed E-state index contributed by atoms with van der Waals surface area (Å²) in [5.74, 6) is 0.0756. The van der Waals surface area contributed by atoms with E-state index in [1.807, 2.05) is 48.5 Å². The Morgan fingerprint density at radius 2 is 1.70 bits per heavy atom. The van der Waals surface area contributed by atoms with E-state index in [-0.39, 0.29) is 17.6 Å².